The summed E-state index contributed by atoms with van der Waals surface area (Å²) in [6.07, 6.45) is 1.04. The fraction of sp³-hybridized carbons (Fsp3) is 0.250. The molecule has 2 aromatic rings. The molecule has 0 fully saturated rings. The zero-order valence-corrected chi connectivity index (χ0v) is 13.7. The van der Waals surface area contributed by atoms with Crippen LogP contribution in [0.3, 0.4) is 0 Å². The molecule has 0 unspecified atom stereocenters. The van der Waals surface area contributed by atoms with Gasteiger partial charge in [0.2, 0.25) is 0 Å². The highest BCUT2D eigenvalue weighted by atomic mass is 79.9. The monoisotopic (exact) mass is 353 g/mol. The molecule has 4 heteroatoms. The Morgan fingerprint density at radius 3 is 2.60 bits per heavy atom. The van der Waals surface area contributed by atoms with Gasteiger partial charge in [-0.3, -0.25) is 0 Å². The van der Waals surface area contributed by atoms with Crippen LogP contribution in [0.2, 0.25) is 0 Å². The molecule has 0 aromatic heterocycles. The number of hydrogen-bond acceptors (Lipinski definition) is 2. The fourth-order valence-corrected chi connectivity index (χ4v) is 3.36. The summed E-state index contributed by atoms with van der Waals surface area (Å²) in [6.45, 7) is 3.56. The van der Waals surface area contributed by atoms with Crippen LogP contribution in [0.1, 0.15) is 18.9 Å². The topological polar surface area (TPSA) is 12.0 Å². The van der Waals surface area contributed by atoms with Gasteiger partial charge in [0, 0.05) is 26.4 Å². The normalized spacial score (nSPS) is 10.8. The standard InChI is InChI=1S/C16H17BrFNS/c1-2-10-19-11-12-14(18)7-5-9-15(12)20-16-8-4-3-6-13(16)17/h3-9,19H,2,10-11H2,1H3. The van der Waals surface area contributed by atoms with Crippen molar-refractivity contribution in [1.82, 2.24) is 5.32 Å². The lowest BCUT2D eigenvalue weighted by molar-refractivity contribution is 0.578. The number of rotatable bonds is 6. The van der Waals surface area contributed by atoms with Crippen molar-refractivity contribution in [2.75, 3.05) is 6.54 Å². The quantitative estimate of drug-likeness (QED) is 0.712. The maximum atomic E-state index is 14.0. The Labute approximate surface area is 132 Å². The third-order valence-corrected chi connectivity index (χ3v) is 4.99. The number of nitrogens with one attached hydrogen (secondary N) is 1. The molecule has 0 aliphatic rings. The van der Waals surface area contributed by atoms with E-state index in [9.17, 15) is 4.39 Å². The maximum absolute atomic E-state index is 14.0. The molecule has 2 rings (SSSR count). The van der Waals surface area contributed by atoms with Gasteiger partial charge in [-0.2, -0.15) is 0 Å². The summed E-state index contributed by atoms with van der Waals surface area (Å²) >= 11 is 5.12. The summed E-state index contributed by atoms with van der Waals surface area (Å²) in [5, 5.41) is 3.27. The predicted molar refractivity (Wildman–Crippen MR) is 86.7 cm³/mol. The minimum absolute atomic E-state index is 0.148. The zero-order chi connectivity index (χ0) is 14.4. The minimum Gasteiger partial charge on any atom is -0.313 e. The second-order valence-corrected chi connectivity index (χ2v) is 6.36. The lowest BCUT2D eigenvalue weighted by Crippen LogP contribution is -2.15. The molecular formula is C16H17BrFNS. The van der Waals surface area contributed by atoms with Crippen molar-refractivity contribution >= 4 is 27.7 Å². The zero-order valence-electron chi connectivity index (χ0n) is 11.3. The Kier molecular flexibility index (Phi) is 6.07. The average Bonchev–Trinajstić information content (AvgIpc) is 2.44. The maximum Gasteiger partial charge on any atom is 0.128 e. The van der Waals surface area contributed by atoms with Gasteiger partial charge in [-0.05, 0) is 53.2 Å². The van der Waals surface area contributed by atoms with Crippen LogP contribution in [0.15, 0.2) is 56.7 Å². The molecule has 0 aliphatic carbocycles. The summed E-state index contributed by atoms with van der Waals surface area (Å²) < 4.78 is 15.0. The van der Waals surface area contributed by atoms with Crippen LogP contribution >= 0.6 is 27.7 Å². The van der Waals surface area contributed by atoms with Crippen molar-refractivity contribution in [2.24, 2.45) is 0 Å². The molecule has 0 saturated carbocycles. The summed E-state index contributed by atoms with van der Waals surface area (Å²) in [6, 6.07) is 13.2. The number of hydrogen-bond donors (Lipinski definition) is 1. The van der Waals surface area contributed by atoms with E-state index >= 15 is 0 Å². The molecule has 0 radical (unpaired) electrons. The lowest BCUT2D eigenvalue weighted by atomic mass is 10.2. The number of halogens is 2. The van der Waals surface area contributed by atoms with E-state index < -0.39 is 0 Å². The Morgan fingerprint density at radius 1 is 1.10 bits per heavy atom. The van der Waals surface area contributed by atoms with Gasteiger partial charge in [0.15, 0.2) is 0 Å². The lowest BCUT2D eigenvalue weighted by Gasteiger charge is -2.12. The predicted octanol–water partition coefficient (Wildman–Crippen LogP) is 5.24. The van der Waals surface area contributed by atoms with E-state index in [0.29, 0.717) is 6.54 Å². The van der Waals surface area contributed by atoms with E-state index in [1.807, 2.05) is 30.3 Å². The van der Waals surface area contributed by atoms with Crippen molar-refractivity contribution in [1.29, 1.82) is 0 Å². The first-order chi connectivity index (χ1) is 9.72. The van der Waals surface area contributed by atoms with Crippen LogP contribution in [0, 0.1) is 5.82 Å². The van der Waals surface area contributed by atoms with Crippen LogP contribution in [-0.4, -0.2) is 6.54 Å². The van der Waals surface area contributed by atoms with E-state index in [1.54, 1.807) is 17.8 Å². The second kappa shape index (κ2) is 7.81. The molecule has 0 amide bonds. The smallest absolute Gasteiger partial charge is 0.128 e. The average molecular weight is 354 g/mol. The molecule has 1 N–H and O–H groups in total. The van der Waals surface area contributed by atoms with Crippen LogP contribution in [0.5, 0.6) is 0 Å². The molecule has 0 atom stereocenters. The van der Waals surface area contributed by atoms with Crippen molar-refractivity contribution in [3.63, 3.8) is 0 Å². The molecule has 0 spiro atoms. The van der Waals surface area contributed by atoms with Crippen molar-refractivity contribution in [3.8, 4) is 0 Å². The van der Waals surface area contributed by atoms with Crippen LogP contribution in [-0.2, 0) is 6.54 Å². The highest BCUT2D eigenvalue weighted by molar-refractivity contribution is 9.10. The van der Waals surface area contributed by atoms with E-state index in [4.69, 9.17) is 0 Å². The van der Waals surface area contributed by atoms with E-state index in [0.717, 1.165) is 32.8 Å². The van der Waals surface area contributed by atoms with Gasteiger partial charge in [0.1, 0.15) is 5.82 Å². The molecule has 0 aliphatic heterocycles. The summed E-state index contributed by atoms with van der Waals surface area (Å²) in [7, 11) is 0. The Bertz CT molecular complexity index is 574. The van der Waals surface area contributed by atoms with E-state index in [-0.39, 0.29) is 5.82 Å². The summed E-state index contributed by atoms with van der Waals surface area (Å²) in [4.78, 5) is 2.05. The molecule has 106 valence electrons. The van der Waals surface area contributed by atoms with Gasteiger partial charge in [-0.25, -0.2) is 4.39 Å². The van der Waals surface area contributed by atoms with E-state index in [2.05, 4.69) is 28.2 Å². The minimum atomic E-state index is -0.148. The summed E-state index contributed by atoms with van der Waals surface area (Å²) in [5.74, 6) is -0.148. The van der Waals surface area contributed by atoms with Crippen molar-refractivity contribution < 1.29 is 4.39 Å². The van der Waals surface area contributed by atoms with Gasteiger partial charge >= 0.3 is 0 Å². The fourth-order valence-electron chi connectivity index (χ4n) is 1.84. The molecule has 0 bridgehead atoms. The third-order valence-electron chi connectivity index (χ3n) is 2.86. The first-order valence-corrected chi connectivity index (χ1v) is 8.23. The first-order valence-electron chi connectivity index (χ1n) is 6.63. The van der Waals surface area contributed by atoms with Gasteiger partial charge in [-0.1, -0.05) is 36.9 Å². The molecule has 2 aromatic carbocycles. The highest BCUT2D eigenvalue weighted by Gasteiger charge is 2.10. The Balaban J connectivity index is 2.23. The molecule has 0 saturated heterocycles. The van der Waals surface area contributed by atoms with Gasteiger partial charge in [0.05, 0.1) is 0 Å². The van der Waals surface area contributed by atoms with E-state index in [1.165, 1.54) is 6.07 Å². The highest BCUT2D eigenvalue weighted by Crippen LogP contribution is 2.35. The Hall–Kier alpha value is -0.840. The van der Waals surface area contributed by atoms with Crippen LogP contribution < -0.4 is 5.32 Å². The molecular weight excluding hydrogens is 337 g/mol. The largest absolute Gasteiger partial charge is 0.313 e. The molecule has 0 heterocycles. The van der Waals surface area contributed by atoms with Gasteiger partial charge in [0.25, 0.3) is 0 Å². The third kappa shape index (κ3) is 4.08. The molecule has 1 nitrogen and oxygen atoms in total. The number of benzene rings is 2. The summed E-state index contributed by atoms with van der Waals surface area (Å²) in [5.41, 5.74) is 0.738. The SMILES string of the molecule is CCCNCc1c(F)cccc1Sc1ccccc1Br. The van der Waals surface area contributed by atoms with Crippen molar-refractivity contribution in [3.05, 3.63) is 58.3 Å². The first kappa shape index (κ1) is 15.5. The van der Waals surface area contributed by atoms with Crippen molar-refractivity contribution in [2.45, 2.75) is 29.7 Å². The van der Waals surface area contributed by atoms with Crippen LogP contribution in [0.4, 0.5) is 4.39 Å². The van der Waals surface area contributed by atoms with Gasteiger partial charge in [-0.15, -0.1) is 0 Å². The second-order valence-electron chi connectivity index (χ2n) is 4.43. The van der Waals surface area contributed by atoms with Crippen LogP contribution in [0.25, 0.3) is 0 Å². The molecule has 20 heavy (non-hydrogen) atoms. The van der Waals surface area contributed by atoms with Gasteiger partial charge < -0.3 is 5.32 Å². The Morgan fingerprint density at radius 2 is 1.85 bits per heavy atom.